The fourth-order valence-electron chi connectivity index (χ4n) is 1.50. The number of rotatable bonds is 3. The first-order chi connectivity index (χ1) is 8.11. The van der Waals surface area contributed by atoms with Crippen molar-refractivity contribution in [2.75, 3.05) is 0 Å². The Morgan fingerprint density at radius 1 is 1.35 bits per heavy atom. The number of carbonyl (C=O) groups is 1. The van der Waals surface area contributed by atoms with Crippen LogP contribution >= 0.6 is 38.9 Å². The van der Waals surface area contributed by atoms with Gasteiger partial charge in [-0.15, -0.1) is 11.3 Å². The molecule has 0 saturated heterocycles. The summed E-state index contributed by atoms with van der Waals surface area (Å²) in [6.07, 6.45) is 0.536. The quantitative estimate of drug-likeness (QED) is 0.687. The highest BCUT2D eigenvalue weighted by atomic mass is 79.9. The summed E-state index contributed by atoms with van der Waals surface area (Å²) in [5, 5.41) is 0.691. The fourth-order valence-corrected chi connectivity index (χ4v) is 3.38. The van der Waals surface area contributed by atoms with Crippen molar-refractivity contribution in [3.63, 3.8) is 0 Å². The largest absolute Gasteiger partial charge is 0.293 e. The molecule has 2 aromatic rings. The van der Waals surface area contributed by atoms with Crippen LogP contribution in [0.4, 0.5) is 0 Å². The second-order valence-electron chi connectivity index (χ2n) is 3.56. The Morgan fingerprint density at radius 3 is 2.76 bits per heavy atom. The monoisotopic (exact) mass is 328 g/mol. The minimum atomic E-state index is 0.175. The van der Waals surface area contributed by atoms with Gasteiger partial charge in [0.2, 0.25) is 0 Å². The van der Waals surface area contributed by atoms with Gasteiger partial charge >= 0.3 is 0 Å². The summed E-state index contributed by atoms with van der Waals surface area (Å²) in [4.78, 5) is 13.4. The predicted octanol–water partition coefficient (Wildman–Crippen LogP) is 5.42. The SMILES string of the molecule is CCC(=O)c1ccc(-c2ccc(Br)cc2Cl)s1. The van der Waals surface area contributed by atoms with Gasteiger partial charge < -0.3 is 0 Å². The van der Waals surface area contributed by atoms with E-state index < -0.39 is 0 Å². The second-order valence-corrected chi connectivity index (χ2v) is 5.97. The Hall–Kier alpha value is -0.640. The number of ketones is 1. The Balaban J connectivity index is 2.40. The van der Waals surface area contributed by atoms with Crippen molar-refractivity contribution in [1.29, 1.82) is 0 Å². The lowest BCUT2D eigenvalue weighted by atomic mass is 10.2. The van der Waals surface area contributed by atoms with Crippen LogP contribution in [-0.2, 0) is 0 Å². The first-order valence-electron chi connectivity index (χ1n) is 5.20. The van der Waals surface area contributed by atoms with Crippen molar-refractivity contribution >= 4 is 44.7 Å². The van der Waals surface area contributed by atoms with Crippen LogP contribution in [-0.4, -0.2) is 5.78 Å². The summed E-state index contributed by atoms with van der Waals surface area (Å²) >= 11 is 11.0. The van der Waals surface area contributed by atoms with Gasteiger partial charge in [0.25, 0.3) is 0 Å². The van der Waals surface area contributed by atoms with Crippen molar-refractivity contribution in [2.45, 2.75) is 13.3 Å². The lowest BCUT2D eigenvalue weighted by molar-refractivity contribution is 0.0992. The molecular formula is C13H10BrClOS. The van der Waals surface area contributed by atoms with E-state index in [0.29, 0.717) is 11.4 Å². The standard InChI is InChI=1S/C13H10BrClOS/c1-2-11(16)13-6-5-12(17-13)9-4-3-8(14)7-10(9)15/h3-7H,2H2,1H3. The van der Waals surface area contributed by atoms with Gasteiger partial charge in [0, 0.05) is 21.3 Å². The molecule has 0 aliphatic rings. The summed E-state index contributed by atoms with van der Waals surface area (Å²) in [5.41, 5.74) is 0.968. The average molecular weight is 330 g/mol. The predicted molar refractivity (Wildman–Crippen MR) is 77.1 cm³/mol. The minimum absolute atomic E-state index is 0.175. The van der Waals surface area contributed by atoms with Crippen molar-refractivity contribution in [3.05, 3.63) is 44.7 Å². The number of thiophene rings is 1. The van der Waals surface area contributed by atoms with Crippen molar-refractivity contribution < 1.29 is 4.79 Å². The first-order valence-corrected chi connectivity index (χ1v) is 7.19. The molecule has 2 rings (SSSR count). The lowest BCUT2D eigenvalue weighted by Crippen LogP contribution is -1.90. The molecule has 0 unspecified atom stereocenters. The third-order valence-electron chi connectivity index (χ3n) is 2.40. The topological polar surface area (TPSA) is 17.1 Å². The smallest absolute Gasteiger partial charge is 0.172 e. The maximum Gasteiger partial charge on any atom is 0.172 e. The van der Waals surface area contributed by atoms with Gasteiger partial charge in [-0.25, -0.2) is 0 Å². The van der Waals surface area contributed by atoms with Gasteiger partial charge in [-0.2, -0.15) is 0 Å². The van der Waals surface area contributed by atoms with Gasteiger partial charge in [0.15, 0.2) is 5.78 Å². The van der Waals surface area contributed by atoms with E-state index in [1.165, 1.54) is 11.3 Å². The zero-order chi connectivity index (χ0) is 12.4. The molecule has 0 radical (unpaired) electrons. The van der Waals surface area contributed by atoms with E-state index in [0.717, 1.165) is 19.8 Å². The van der Waals surface area contributed by atoms with Crippen molar-refractivity contribution in [1.82, 2.24) is 0 Å². The summed E-state index contributed by atoms with van der Waals surface area (Å²) in [5.74, 6) is 0.175. The van der Waals surface area contributed by atoms with Crippen LogP contribution in [0.3, 0.4) is 0 Å². The van der Waals surface area contributed by atoms with E-state index in [1.54, 1.807) is 0 Å². The normalized spacial score (nSPS) is 10.5. The van der Waals surface area contributed by atoms with Crippen LogP contribution in [0.5, 0.6) is 0 Å². The molecule has 17 heavy (non-hydrogen) atoms. The van der Waals surface area contributed by atoms with Crippen LogP contribution in [0.2, 0.25) is 5.02 Å². The summed E-state index contributed by atoms with van der Waals surface area (Å²) in [6, 6.07) is 9.57. The van der Waals surface area contributed by atoms with Crippen molar-refractivity contribution in [2.24, 2.45) is 0 Å². The molecule has 1 aromatic heterocycles. The first kappa shape index (κ1) is 12.8. The molecule has 4 heteroatoms. The summed E-state index contributed by atoms with van der Waals surface area (Å²) in [6.45, 7) is 1.87. The van der Waals surface area contributed by atoms with Crippen molar-refractivity contribution in [3.8, 4) is 10.4 Å². The molecule has 1 heterocycles. The highest BCUT2D eigenvalue weighted by molar-refractivity contribution is 9.10. The molecule has 1 aromatic carbocycles. The second kappa shape index (κ2) is 5.34. The molecule has 0 N–H and O–H groups in total. The number of hydrogen-bond acceptors (Lipinski definition) is 2. The summed E-state index contributed by atoms with van der Waals surface area (Å²) in [7, 11) is 0. The van der Waals surface area contributed by atoms with Crippen LogP contribution < -0.4 is 0 Å². The summed E-state index contributed by atoms with van der Waals surface area (Å²) < 4.78 is 0.952. The van der Waals surface area contributed by atoms with Gasteiger partial charge in [0.1, 0.15) is 0 Å². The van der Waals surface area contributed by atoms with E-state index in [-0.39, 0.29) is 5.78 Å². The Labute approximate surface area is 118 Å². The van der Waals surface area contributed by atoms with E-state index in [1.807, 2.05) is 37.3 Å². The average Bonchev–Trinajstić information content (AvgIpc) is 2.77. The minimum Gasteiger partial charge on any atom is -0.293 e. The maximum absolute atomic E-state index is 11.6. The van der Waals surface area contributed by atoms with E-state index in [2.05, 4.69) is 15.9 Å². The number of Topliss-reactive ketones (excluding diaryl/α,β-unsaturated/α-hetero) is 1. The van der Waals surface area contributed by atoms with Crippen LogP contribution in [0.1, 0.15) is 23.0 Å². The molecule has 0 aliphatic carbocycles. The number of hydrogen-bond donors (Lipinski definition) is 0. The molecule has 88 valence electrons. The van der Waals surface area contributed by atoms with Gasteiger partial charge in [-0.1, -0.05) is 40.5 Å². The zero-order valence-electron chi connectivity index (χ0n) is 9.17. The fraction of sp³-hybridized carbons (Fsp3) is 0.154. The number of benzene rings is 1. The highest BCUT2D eigenvalue weighted by Crippen LogP contribution is 2.35. The molecule has 0 aliphatic heterocycles. The molecule has 0 fully saturated rings. The van der Waals surface area contributed by atoms with E-state index >= 15 is 0 Å². The van der Waals surface area contributed by atoms with Gasteiger partial charge in [0.05, 0.1) is 9.90 Å². The highest BCUT2D eigenvalue weighted by Gasteiger charge is 2.10. The lowest BCUT2D eigenvalue weighted by Gasteiger charge is -2.01. The van der Waals surface area contributed by atoms with Crippen LogP contribution in [0.15, 0.2) is 34.8 Å². The number of carbonyl (C=O) groups excluding carboxylic acids is 1. The maximum atomic E-state index is 11.6. The molecular weight excluding hydrogens is 320 g/mol. The molecule has 0 saturated carbocycles. The Bertz CT molecular complexity index is 562. The number of halogens is 2. The molecule has 0 bridgehead atoms. The van der Waals surface area contributed by atoms with E-state index in [9.17, 15) is 4.79 Å². The van der Waals surface area contributed by atoms with Gasteiger partial charge in [-0.05, 0) is 24.3 Å². The molecule has 0 spiro atoms. The van der Waals surface area contributed by atoms with Gasteiger partial charge in [-0.3, -0.25) is 4.79 Å². The third-order valence-corrected chi connectivity index (χ3v) is 4.36. The zero-order valence-corrected chi connectivity index (χ0v) is 12.3. The molecule has 1 nitrogen and oxygen atoms in total. The Morgan fingerprint density at radius 2 is 2.12 bits per heavy atom. The van der Waals surface area contributed by atoms with Crippen LogP contribution in [0, 0.1) is 0 Å². The van der Waals surface area contributed by atoms with Crippen LogP contribution in [0.25, 0.3) is 10.4 Å². The molecule has 0 amide bonds. The van der Waals surface area contributed by atoms with E-state index in [4.69, 9.17) is 11.6 Å². The Kier molecular flexibility index (Phi) is 4.02. The molecule has 0 atom stereocenters. The third kappa shape index (κ3) is 2.79.